The fraction of sp³-hybridized carbons (Fsp3) is 0.583. The van der Waals surface area contributed by atoms with Crippen molar-refractivity contribution < 1.29 is 18.7 Å². The standard InChI is InChI=1S/C12H14ClFN2O5/c1-7(17)20-6-12(5-13)3-2-9(21-12)16-4-8(14)10(18)15-11(16)19/h4,9H,2-3,5-6H2,1H3,(H,15,18,19)/t9-,12-/m1/s1. The third-order valence-corrected chi connectivity index (χ3v) is 3.74. The lowest BCUT2D eigenvalue weighted by molar-refractivity contribution is -0.153. The van der Waals surface area contributed by atoms with Crippen LogP contribution in [-0.4, -0.2) is 33.6 Å². The zero-order chi connectivity index (χ0) is 15.6. The zero-order valence-corrected chi connectivity index (χ0v) is 12.0. The summed E-state index contributed by atoms with van der Waals surface area (Å²) in [6, 6.07) is 0. The molecule has 0 amide bonds. The van der Waals surface area contributed by atoms with E-state index < -0.39 is 34.9 Å². The molecule has 1 saturated heterocycles. The van der Waals surface area contributed by atoms with Crippen molar-refractivity contribution in [3.8, 4) is 0 Å². The van der Waals surface area contributed by atoms with Crippen molar-refractivity contribution in [2.75, 3.05) is 12.5 Å². The molecule has 1 aromatic rings. The summed E-state index contributed by atoms with van der Waals surface area (Å²) < 4.78 is 24.8. The SMILES string of the molecule is CC(=O)OC[C@]1(CCl)CC[C@H](n2cc(F)c(=O)[nH]c2=O)O1. The number of hydrogen-bond donors (Lipinski definition) is 1. The molecule has 1 fully saturated rings. The van der Waals surface area contributed by atoms with Crippen LogP contribution < -0.4 is 11.2 Å². The first-order valence-corrected chi connectivity index (χ1v) is 6.78. The quantitative estimate of drug-likeness (QED) is 0.645. The van der Waals surface area contributed by atoms with Gasteiger partial charge in [-0.15, -0.1) is 11.6 Å². The van der Waals surface area contributed by atoms with Crippen LogP contribution in [0.3, 0.4) is 0 Å². The molecule has 0 bridgehead atoms. The fourth-order valence-corrected chi connectivity index (χ4v) is 2.41. The van der Waals surface area contributed by atoms with E-state index in [0.29, 0.717) is 12.8 Å². The summed E-state index contributed by atoms with van der Waals surface area (Å²) in [5.74, 6) is -1.50. The second-order valence-electron chi connectivity index (χ2n) is 4.85. The maximum Gasteiger partial charge on any atom is 0.330 e. The topological polar surface area (TPSA) is 90.4 Å². The highest BCUT2D eigenvalue weighted by atomic mass is 35.5. The Labute approximate surface area is 123 Å². The van der Waals surface area contributed by atoms with Gasteiger partial charge >= 0.3 is 11.7 Å². The predicted molar refractivity (Wildman–Crippen MR) is 70.7 cm³/mol. The Morgan fingerprint density at radius 3 is 3.00 bits per heavy atom. The first-order chi connectivity index (χ1) is 9.87. The number of nitrogens with zero attached hydrogens (tertiary/aromatic N) is 1. The molecule has 0 unspecified atom stereocenters. The molecule has 0 radical (unpaired) electrons. The molecule has 116 valence electrons. The molecule has 2 rings (SSSR count). The lowest BCUT2D eigenvalue weighted by atomic mass is 10.0. The largest absolute Gasteiger partial charge is 0.463 e. The number of halogens is 2. The summed E-state index contributed by atoms with van der Waals surface area (Å²) in [6.45, 7) is 1.21. The van der Waals surface area contributed by atoms with Gasteiger partial charge in [-0.1, -0.05) is 0 Å². The number of ether oxygens (including phenoxy) is 2. The second kappa shape index (κ2) is 5.98. The van der Waals surface area contributed by atoms with Crippen LogP contribution in [0.25, 0.3) is 0 Å². The molecule has 2 atom stereocenters. The summed E-state index contributed by atoms with van der Waals surface area (Å²) in [5.41, 5.74) is -2.79. The molecule has 7 nitrogen and oxygen atoms in total. The molecule has 2 heterocycles. The minimum absolute atomic E-state index is 0.0527. The number of H-pyrrole nitrogens is 1. The van der Waals surface area contributed by atoms with Gasteiger partial charge in [-0.2, -0.15) is 4.39 Å². The van der Waals surface area contributed by atoms with Crippen molar-refractivity contribution in [1.82, 2.24) is 9.55 Å². The van der Waals surface area contributed by atoms with E-state index >= 15 is 0 Å². The molecule has 9 heteroatoms. The van der Waals surface area contributed by atoms with Gasteiger partial charge in [-0.05, 0) is 12.8 Å². The summed E-state index contributed by atoms with van der Waals surface area (Å²) in [4.78, 5) is 35.4. The second-order valence-corrected chi connectivity index (χ2v) is 5.12. The number of hydrogen-bond acceptors (Lipinski definition) is 5. The highest BCUT2D eigenvalue weighted by molar-refractivity contribution is 6.18. The summed E-state index contributed by atoms with van der Waals surface area (Å²) in [7, 11) is 0. The monoisotopic (exact) mass is 320 g/mol. The summed E-state index contributed by atoms with van der Waals surface area (Å²) in [5, 5.41) is 0. The molecule has 1 N–H and O–H groups in total. The number of nitrogens with one attached hydrogen (secondary N) is 1. The molecule has 0 spiro atoms. The number of aromatic nitrogens is 2. The van der Waals surface area contributed by atoms with Crippen LogP contribution in [0.5, 0.6) is 0 Å². The van der Waals surface area contributed by atoms with Crippen molar-refractivity contribution >= 4 is 17.6 Å². The Balaban J connectivity index is 2.21. The van der Waals surface area contributed by atoms with Crippen LogP contribution in [0.15, 0.2) is 15.8 Å². The Hall–Kier alpha value is -1.67. The molecule has 0 saturated carbocycles. The van der Waals surface area contributed by atoms with Gasteiger partial charge in [0, 0.05) is 6.92 Å². The Kier molecular flexibility index (Phi) is 4.48. The van der Waals surface area contributed by atoms with Gasteiger partial charge in [0.1, 0.15) is 18.4 Å². The Morgan fingerprint density at radius 1 is 1.67 bits per heavy atom. The number of aromatic amines is 1. The minimum Gasteiger partial charge on any atom is -0.463 e. The van der Waals surface area contributed by atoms with E-state index in [2.05, 4.69) is 0 Å². The van der Waals surface area contributed by atoms with Crippen LogP contribution in [-0.2, 0) is 14.3 Å². The summed E-state index contributed by atoms with van der Waals surface area (Å²) >= 11 is 5.86. The Bertz CT molecular complexity index is 658. The van der Waals surface area contributed by atoms with Crippen LogP contribution in [0.2, 0.25) is 0 Å². The van der Waals surface area contributed by atoms with E-state index in [1.165, 1.54) is 6.92 Å². The van der Waals surface area contributed by atoms with E-state index in [1.54, 1.807) is 0 Å². The Morgan fingerprint density at radius 2 is 2.38 bits per heavy atom. The number of alkyl halides is 1. The van der Waals surface area contributed by atoms with Crippen molar-refractivity contribution in [2.45, 2.75) is 31.6 Å². The first-order valence-electron chi connectivity index (χ1n) is 6.25. The highest BCUT2D eigenvalue weighted by Gasteiger charge is 2.42. The van der Waals surface area contributed by atoms with Crippen LogP contribution in [0.1, 0.15) is 26.0 Å². The third-order valence-electron chi connectivity index (χ3n) is 3.25. The third kappa shape index (κ3) is 3.33. The van der Waals surface area contributed by atoms with Gasteiger partial charge < -0.3 is 9.47 Å². The van der Waals surface area contributed by atoms with Gasteiger partial charge in [-0.25, -0.2) is 4.79 Å². The zero-order valence-electron chi connectivity index (χ0n) is 11.2. The first kappa shape index (κ1) is 15.7. The molecule has 1 aliphatic rings. The van der Waals surface area contributed by atoms with Gasteiger partial charge in [-0.3, -0.25) is 19.1 Å². The molecule has 0 aliphatic carbocycles. The van der Waals surface area contributed by atoms with Gasteiger partial charge in [0.15, 0.2) is 0 Å². The predicted octanol–water partition coefficient (Wildman–Crippen LogP) is 0.525. The van der Waals surface area contributed by atoms with E-state index in [-0.39, 0.29) is 12.5 Å². The van der Waals surface area contributed by atoms with Crippen molar-refractivity contribution in [2.24, 2.45) is 0 Å². The smallest absolute Gasteiger partial charge is 0.330 e. The molecular weight excluding hydrogens is 307 g/mol. The molecule has 21 heavy (non-hydrogen) atoms. The van der Waals surface area contributed by atoms with E-state index in [1.807, 2.05) is 4.98 Å². The lowest BCUT2D eigenvalue weighted by Crippen LogP contribution is -2.39. The van der Waals surface area contributed by atoms with E-state index in [4.69, 9.17) is 21.1 Å². The number of carbonyl (C=O) groups is 1. The fourth-order valence-electron chi connectivity index (χ4n) is 2.14. The maximum absolute atomic E-state index is 13.3. The van der Waals surface area contributed by atoms with Crippen LogP contribution >= 0.6 is 11.6 Å². The normalized spacial score (nSPS) is 25.0. The number of esters is 1. The van der Waals surface area contributed by atoms with Crippen molar-refractivity contribution in [1.29, 1.82) is 0 Å². The van der Waals surface area contributed by atoms with Gasteiger partial charge in [0.05, 0.1) is 12.1 Å². The van der Waals surface area contributed by atoms with E-state index in [9.17, 15) is 18.8 Å². The molecule has 1 aromatic heterocycles. The van der Waals surface area contributed by atoms with Crippen molar-refractivity contribution in [3.05, 3.63) is 32.9 Å². The average Bonchev–Trinajstić information content (AvgIpc) is 2.85. The van der Waals surface area contributed by atoms with Crippen molar-refractivity contribution in [3.63, 3.8) is 0 Å². The van der Waals surface area contributed by atoms with Crippen LogP contribution in [0, 0.1) is 5.82 Å². The molecule has 0 aromatic carbocycles. The summed E-state index contributed by atoms with van der Waals surface area (Å²) in [6.07, 6.45) is 0.821. The number of rotatable bonds is 4. The molecule has 1 aliphatic heterocycles. The highest BCUT2D eigenvalue weighted by Crippen LogP contribution is 2.36. The minimum atomic E-state index is -1.09. The maximum atomic E-state index is 13.3. The van der Waals surface area contributed by atoms with Crippen LogP contribution in [0.4, 0.5) is 4.39 Å². The molecular formula is C12H14ClFN2O5. The number of carbonyl (C=O) groups excluding carboxylic acids is 1. The van der Waals surface area contributed by atoms with E-state index in [0.717, 1.165) is 10.8 Å². The average molecular weight is 321 g/mol. The van der Waals surface area contributed by atoms with Gasteiger partial charge in [0.2, 0.25) is 5.82 Å². The lowest BCUT2D eigenvalue weighted by Gasteiger charge is -2.26. The van der Waals surface area contributed by atoms with Gasteiger partial charge in [0.25, 0.3) is 5.56 Å².